The monoisotopic (exact) mass is 490 g/mol. The number of aromatic nitrogens is 3. The number of carbonyl (C=O) groups is 1. The second-order valence-electron chi connectivity index (χ2n) is 8.15. The minimum Gasteiger partial charge on any atom is -0.355 e. The minimum absolute atomic E-state index is 0.141. The topological polar surface area (TPSA) is 59.8 Å². The lowest BCUT2D eigenvalue weighted by molar-refractivity contribution is -0.126. The molecule has 0 aliphatic rings. The quantitative estimate of drug-likeness (QED) is 0.308. The lowest BCUT2D eigenvalue weighted by Gasteiger charge is -2.34. The van der Waals surface area contributed by atoms with Crippen LogP contribution in [-0.4, -0.2) is 27.2 Å². The summed E-state index contributed by atoms with van der Waals surface area (Å²) in [5, 5.41) is 8.13. The Bertz CT molecular complexity index is 1030. The third-order valence-electron chi connectivity index (χ3n) is 5.80. The molecule has 0 radical (unpaired) electrons. The number of benzene rings is 2. The molecule has 5 nitrogen and oxygen atoms in total. The number of carbonyl (C=O) groups excluding carboxylic acids is 1. The molecule has 0 fully saturated rings. The molecule has 0 saturated carbocycles. The fourth-order valence-corrected chi connectivity index (χ4v) is 4.61. The molecule has 0 aliphatic carbocycles. The van der Waals surface area contributed by atoms with Crippen molar-refractivity contribution in [1.82, 2.24) is 20.1 Å². The summed E-state index contributed by atoms with van der Waals surface area (Å²) in [6.07, 6.45) is 9.66. The molecule has 8 heteroatoms. The van der Waals surface area contributed by atoms with Crippen molar-refractivity contribution in [3.05, 3.63) is 82.1 Å². The van der Waals surface area contributed by atoms with Gasteiger partial charge in [-0.25, -0.2) is 9.37 Å². The van der Waals surface area contributed by atoms with Crippen LogP contribution >= 0.6 is 23.2 Å². The zero-order chi connectivity index (χ0) is 23.7. The van der Waals surface area contributed by atoms with Gasteiger partial charge in [0.1, 0.15) is 23.9 Å². The van der Waals surface area contributed by atoms with E-state index in [9.17, 15) is 9.18 Å². The van der Waals surface area contributed by atoms with Crippen molar-refractivity contribution in [2.45, 2.75) is 57.4 Å². The maximum atomic E-state index is 13.9. The first-order valence-electron chi connectivity index (χ1n) is 11.3. The normalized spacial score (nSPS) is 13.0. The van der Waals surface area contributed by atoms with Crippen LogP contribution in [0.3, 0.4) is 0 Å². The summed E-state index contributed by atoms with van der Waals surface area (Å²) in [7, 11) is 0. The van der Waals surface area contributed by atoms with Crippen LogP contribution in [0, 0.1) is 5.82 Å². The van der Waals surface area contributed by atoms with Crippen LogP contribution in [0.15, 0.2) is 55.1 Å². The van der Waals surface area contributed by atoms with Gasteiger partial charge in [-0.15, -0.1) is 0 Å². The van der Waals surface area contributed by atoms with Gasteiger partial charge in [0, 0.05) is 16.6 Å². The van der Waals surface area contributed by atoms with Crippen molar-refractivity contribution in [1.29, 1.82) is 0 Å². The van der Waals surface area contributed by atoms with E-state index in [-0.39, 0.29) is 18.3 Å². The van der Waals surface area contributed by atoms with Crippen LogP contribution in [0.2, 0.25) is 10.0 Å². The average molecular weight is 491 g/mol. The summed E-state index contributed by atoms with van der Waals surface area (Å²) in [5.74, 6) is -0.620. The molecular weight excluding hydrogens is 462 g/mol. The Kier molecular flexibility index (Phi) is 9.27. The number of nitrogens with one attached hydrogen (secondary N) is 1. The van der Waals surface area contributed by atoms with Crippen LogP contribution < -0.4 is 5.32 Å². The van der Waals surface area contributed by atoms with E-state index >= 15 is 0 Å². The van der Waals surface area contributed by atoms with Gasteiger partial charge in [-0.2, -0.15) is 5.10 Å². The predicted octanol–water partition coefficient (Wildman–Crippen LogP) is 6.19. The molecule has 1 unspecified atom stereocenters. The van der Waals surface area contributed by atoms with E-state index in [2.05, 4.69) is 22.3 Å². The first-order chi connectivity index (χ1) is 16.0. The molecule has 176 valence electrons. The van der Waals surface area contributed by atoms with Crippen molar-refractivity contribution in [3.63, 3.8) is 0 Å². The zero-order valence-corrected chi connectivity index (χ0v) is 20.2. The van der Waals surface area contributed by atoms with E-state index < -0.39 is 5.41 Å². The van der Waals surface area contributed by atoms with Gasteiger partial charge in [-0.05, 0) is 41.8 Å². The largest absolute Gasteiger partial charge is 0.355 e. The number of halogens is 3. The van der Waals surface area contributed by atoms with E-state index in [1.165, 1.54) is 37.7 Å². The molecule has 1 atom stereocenters. The molecule has 0 saturated heterocycles. The van der Waals surface area contributed by atoms with Crippen molar-refractivity contribution in [2.24, 2.45) is 0 Å². The molecule has 3 rings (SSSR count). The lowest BCUT2D eigenvalue weighted by Crippen LogP contribution is -2.49. The molecule has 1 aromatic heterocycles. The lowest BCUT2D eigenvalue weighted by atomic mass is 9.73. The number of amides is 1. The smallest absolute Gasteiger partial charge is 0.237 e. The summed E-state index contributed by atoms with van der Waals surface area (Å²) in [5.41, 5.74) is -0.0918. The Hall–Kier alpha value is -2.44. The first-order valence-corrected chi connectivity index (χ1v) is 12.0. The Morgan fingerprint density at radius 3 is 2.45 bits per heavy atom. The molecule has 0 bridgehead atoms. The fraction of sp³-hybridized carbons (Fsp3) is 0.400. The van der Waals surface area contributed by atoms with Crippen molar-refractivity contribution in [3.8, 4) is 0 Å². The number of nitrogens with zero attached hydrogens (tertiary/aromatic N) is 3. The standard InChI is InChI=1S/C25H29Cl2FN4O/c1-2-3-4-5-6-7-14-30-24(33)25(16-32-18-29-17-31-32,19-8-11-21(28)12-9-19)22-13-10-20(26)15-23(22)27/h8-13,15,17-18H,2-7,14,16H2,1H3,(H,30,33). The molecular formula is C25H29Cl2FN4O. The Labute approximate surface area is 204 Å². The van der Waals surface area contributed by atoms with Crippen LogP contribution in [0.5, 0.6) is 0 Å². The number of hydrogen-bond acceptors (Lipinski definition) is 3. The molecule has 3 aromatic rings. The van der Waals surface area contributed by atoms with E-state index in [1.807, 2.05) is 0 Å². The summed E-state index contributed by atoms with van der Waals surface area (Å²) < 4.78 is 15.4. The summed E-state index contributed by atoms with van der Waals surface area (Å²) in [6.45, 7) is 2.87. The molecule has 1 N–H and O–H groups in total. The van der Waals surface area contributed by atoms with Gasteiger partial charge in [-0.1, -0.05) is 80.4 Å². The third kappa shape index (κ3) is 6.33. The molecule has 2 aromatic carbocycles. The minimum atomic E-state index is -1.26. The highest BCUT2D eigenvalue weighted by Crippen LogP contribution is 2.39. The molecule has 1 amide bonds. The van der Waals surface area contributed by atoms with Gasteiger partial charge in [-0.3, -0.25) is 9.48 Å². The highest BCUT2D eigenvalue weighted by molar-refractivity contribution is 6.35. The zero-order valence-electron chi connectivity index (χ0n) is 18.7. The van der Waals surface area contributed by atoms with Gasteiger partial charge in [0.25, 0.3) is 0 Å². The van der Waals surface area contributed by atoms with E-state index in [4.69, 9.17) is 23.2 Å². The Morgan fingerprint density at radius 1 is 1.06 bits per heavy atom. The number of rotatable bonds is 12. The van der Waals surface area contributed by atoms with E-state index in [1.54, 1.807) is 41.3 Å². The predicted molar refractivity (Wildman–Crippen MR) is 130 cm³/mol. The van der Waals surface area contributed by atoms with Crippen molar-refractivity contribution >= 4 is 29.1 Å². The highest BCUT2D eigenvalue weighted by Gasteiger charge is 2.44. The summed E-state index contributed by atoms with van der Waals surface area (Å²) >= 11 is 12.8. The Balaban J connectivity index is 1.97. The second-order valence-corrected chi connectivity index (χ2v) is 9.00. The summed E-state index contributed by atoms with van der Waals surface area (Å²) in [6, 6.07) is 11.0. The fourth-order valence-electron chi connectivity index (χ4n) is 4.04. The highest BCUT2D eigenvalue weighted by atomic mass is 35.5. The second kappa shape index (κ2) is 12.1. The maximum Gasteiger partial charge on any atom is 0.237 e. The van der Waals surface area contributed by atoms with Gasteiger partial charge < -0.3 is 5.32 Å². The Morgan fingerprint density at radius 2 is 1.79 bits per heavy atom. The van der Waals surface area contributed by atoms with Crippen LogP contribution in [-0.2, 0) is 16.8 Å². The van der Waals surface area contributed by atoms with Crippen LogP contribution in [0.1, 0.15) is 56.6 Å². The van der Waals surface area contributed by atoms with Gasteiger partial charge >= 0.3 is 0 Å². The van der Waals surface area contributed by atoms with Crippen molar-refractivity contribution in [2.75, 3.05) is 6.54 Å². The van der Waals surface area contributed by atoms with E-state index in [0.717, 1.165) is 19.3 Å². The van der Waals surface area contributed by atoms with Crippen molar-refractivity contribution < 1.29 is 9.18 Å². The van der Waals surface area contributed by atoms with Crippen LogP contribution in [0.4, 0.5) is 4.39 Å². The molecule has 0 aliphatic heterocycles. The average Bonchev–Trinajstić information content (AvgIpc) is 3.31. The third-order valence-corrected chi connectivity index (χ3v) is 6.35. The molecule has 1 heterocycles. The van der Waals surface area contributed by atoms with Gasteiger partial charge in [0.05, 0.1) is 6.54 Å². The number of unbranched alkanes of at least 4 members (excludes halogenated alkanes) is 5. The SMILES string of the molecule is CCCCCCCCNC(=O)C(Cn1cncn1)(c1ccc(F)cc1)c1ccc(Cl)cc1Cl. The van der Waals surface area contributed by atoms with Crippen LogP contribution in [0.25, 0.3) is 0 Å². The number of hydrogen-bond donors (Lipinski definition) is 1. The van der Waals surface area contributed by atoms with E-state index in [0.29, 0.717) is 27.7 Å². The molecule has 0 spiro atoms. The first kappa shape index (κ1) is 25.2. The summed E-state index contributed by atoms with van der Waals surface area (Å²) in [4.78, 5) is 17.9. The van der Waals surface area contributed by atoms with Gasteiger partial charge in [0.2, 0.25) is 5.91 Å². The van der Waals surface area contributed by atoms with Gasteiger partial charge in [0.15, 0.2) is 0 Å². The molecule has 33 heavy (non-hydrogen) atoms. The maximum absolute atomic E-state index is 13.9.